The number of benzene rings is 1. The van der Waals surface area contributed by atoms with Gasteiger partial charge in [-0.1, -0.05) is 11.6 Å². The molecule has 0 radical (unpaired) electrons. The number of hydrogen-bond donors (Lipinski definition) is 1. The van der Waals surface area contributed by atoms with Gasteiger partial charge in [-0.15, -0.1) is 0 Å². The minimum atomic E-state index is -0.491. The van der Waals surface area contributed by atoms with Crippen molar-refractivity contribution in [2.24, 2.45) is 0 Å². The Kier molecular flexibility index (Phi) is 3.81. The SMILES string of the molecule is O=[N+]([O-])c1cc(Cl)ccc1OCCNC1CC1. The quantitative estimate of drug-likeness (QED) is 0.482. The summed E-state index contributed by atoms with van der Waals surface area (Å²) in [6.07, 6.45) is 2.42. The van der Waals surface area contributed by atoms with Gasteiger partial charge in [-0.25, -0.2) is 0 Å². The minimum Gasteiger partial charge on any atom is -0.485 e. The van der Waals surface area contributed by atoms with Crippen LogP contribution in [-0.2, 0) is 0 Å². The lowest BCUT2D eigenvalue weighted by Gasteiger charge is -2.07. The van der Waals surface area contributed by atoms with Crippen molar-refractivity contribution in [2.45, 2.75) is 18.9 Å². The van der Waals surface area contributed by atoms with Gasteiger partial charge in [-0.05, 0) is 25.0 Å². The maximum absolute atomic E-state index is 10.8. The second kappa shape index (κ2) is 5.33. The van der Waals surface area contributed by atoms with Crippen LogP contribution in [0.3, 0.4) is 0 Å². The molecule has 0 atom stereocenters. The maximum atomic E-state index is 10.8. The molecule has 0 aromatic heterocycles. The van der Waals surface area contributed by atoms with Crippen molar-refractivity contribution in [2.75, 3.05) is 13.2 Å². The first-order valence-electron chi connectivity index (χ1n) is 5.47. The molecule has 0 saturated heterocycles. The summed E-state index contributed by atoms with van der Waals surface area (Å²) in [5, 5.41) is 14.4. The zero-order chi connectivity index (χ0) is 12.3. The van der Waals surface area contributed by atoms with Gasteiger partial charge in [-0.2, -0.15) is 0 Å². The molecule has 1 aliphatic carbocycles. The van der Waals surface area contributed by atoms with E-state index in [9.17, 15) is 10.1 Å². The summed E-state index contributed by atoms with van der Waals surface area (Å²) >= 11 is 5.70. The molecule has 0 aliphatic heterocycles. The van der Waals surface area contributed by atoms with Crippen LogP contribution in [0.2, 0.25) is 5.02 Å². The molecule has 2 rings (SSSR count). The van der Waals surface area contributed by atoms with E-state index in [0.29, 0.717) is 24.2 Å². The molecule has 17 heavy (non-hydrogen) atoms. The fraction of sp³-hybridized carbons (Fsp3) is 0.455. The molecule has 1 saturated carbocycles. The van der Waals surface area contributed by atoms with E-state index >= 15 is 0 Å². The lowest BCUT2D eigenvalue weighted by Crippen LogP contribution is -2.23. The Bertz CT molecular complexity index is 421. The number of nitro benzene ring substituents is 1. The van der Waals surface area contributed by atoms with Crippen LogP contribution in [-0.4, -0.2) is 24.1 Å². The smallest absolute Gasteiger partial charge is 0.312 e. The first-order chi connectivity index (χ1) is 8.16. The number of halogens is 1. The van der Waals surface area contributed by atoms with Crippen molar-refractivity contribution in [1.29, 1.82) is 0 Å². The van der Waals surface area contributed by atoms with Crippen molar-refractivity contribution < 1.29 is 9.66 Å². The third-order valence-corrected chi connectivity index (χ3v) is 2.72. The topological polar surface area (TPSA) is 64.4 Å². The summed E-state index contributed by atoms with van der Waals surface area (Å²) in [7, 11) is 0. The lowest BCUT2D eigenvalue weighted by atomic mass is 10.3. The molecule has 92 valence electrons. The Morgan fingerprint density at radius 1 is 1.53 bits per heavy atom. The number of rotatable bonds is 6. The van der Waals surface area contributed by atoms with Gasteiger partial charge in [0.2, 0.25) is 0 Å². The molecule has 0 spiro atoms. The van der Waals surface area contributed by atoms with Crippen molar-refractivity contribution in [3.63, 3.8) is 0 Å². The highest BCUT2D eigenvalue weighted by Gasteiger charge is 2.20. The summed E-state index contributed by atoms with van der Waals surface area (Å²) in [4.78, 5) is 10.3. The molecule has 1 fully saturated rings. The normalized spacial score (nSPS) is 14.6. The highest BCUT2D eigenvalue weighted by atomic mass is 35.5. The van der Waals surface area contributed by atoms with Crippen LogP contribution < -0.4 is 10.1 Å². The molecule has 1 N–H and O–H groups in total. The second-order valence-electron chi connectivity index (χ2n) is 3.95. The average Bonchev–Trinajstić information content (AvgIpc) is 3.09. The first-order valence-corrected chi connectivity index (χ1v) is 5.85. The molecule has 1 aromatic carbocycles. The van der Waals surface area contributed by atoms with E-state index in [0.717, 1.165) is 0 Å². The van der Waals surface area contributed by atoms with E-state index in [4.69, 9.17) is 16.3 Å². The fourth-order valence-corrected chi connectivity index (χ4v) is 1.63. The van der Waals surface area contributed by atoms with Crippen LogP contribution in [0.5, 0.6) is 5.75 Å². The molecule has 0 amide bonds. The first kappa shape index (κ1) is 12.1. The third kappa shape index (κ3) is 3.57. The van der Waals surface area contributed by atoms with E-state index in [1.54, 1.807) is 6.07 Å². The fourth-order valence-electron chi connectivity index (χ4n) is 1.47. The van der Waals surface area contributed by atoms with E-state index in [2.05, 4.69) is 5.32 Å². The Hall–Kier alpha value is -1.33. The van der Waals surface area contributed by atoms with E-state index in [-0.39, 0.29) is 11.4 Å². The predicted molar refractivity (Wildman–Crippen MR) is 64.6 cm³/mol. The van der Waals surface area contributed by atoms with Crippen molar-refractivity contribution in [1.82, 2.24) is 5.32 Å². The number of nitrogens with one attached hydrogen (secondary N) is 1. The Morgan fingerprint density at radius 3 is 2.94 bits per heavy atom. The van der Waals surface area contributed by atoms with E-state index in [1.165, 1.54) is 25.0 Å². The summed E-state index contributed by atoms with van der Waals surface area (Å²) in [5.41, 5.74) is -0.0936. The van der Waals surface area contributed by atoms with Gasteiger partial charge in [-0.3, -0.25) is 10.1 Å². The molecule has 0 unspecified atom stereocenters. The summed E-state index contributed by atoms with van der Waals surface area (Å²) in [6, 6.07) is 5.01. The second-order valence-corrected chi connectivity index (χ2v) is 4.38. The van der Waals surface area contributed by atoms with Crippen LogP contribution in [0.15, 0.2) is 18.2 Å². The number of ether oxygens (including phenoxy) is 1. The average molecular weight is 257 g/mol. The molecular weight excluding hydrogens is 244 g/mol. The minimum absolute atomic E-state index is 0.0936. The van der Waals surface area contributed by atoms with Crippen LogP contribution in [0, 0.1) is 10.1 Å². The molecular formula is C11H13ClN2O3. The Labute approximate surface area is 104 Å². The number of nitro groups is 1. The van der Waals surface area contributed by atoms with Gasteiger partial charge < -0.3 is 10.1 Å². The molecule has 0 heterocycles. The van der Waals surface area contributed by atoms with Gasteiger partial charge in [0.15, 0.2) is 5.75 Å². The van der Waals surface area contributed by atoms with Crippen molar-refractivity contribution >= 4 is 17.3 Å². The van der Waals surface area contributed by atoms with Crippen LogP contribution in [0.4, 0.5) is 5.69 Å². The zero-order valence-corrected chi connectivity index (χ0v) is 9.94. The molecule has 0 bridgehead atoms. The summed E-state index contributed by atoms with van der Waals surface area (Å²) in [6.45, 7) is 1.11. The highest BCUT2D eigenvalue weighted by Crippen LogP contribution is 2.29. The molecule has 5 nitrogen and oxygen atoms in total. The monoisotopic (exact) mass is 256 g/mol. The van der Waals surface area contributed by atoms with Crippen molar-refractivity contribution in [3.05, 3.63) is 33.3 Å². The molecule has 1 aromatic rings. The summed E-state index contributed by atoms with van der Waals surface area (Å²) < 4.78 is 5.37. The highest BCUT2D eigenvalue weighted by molar-refractivity contribution is 6.30. The molecule has 1 aliphatic rings. The van der Waals surface area contributed by atoms with Gasteiger partial charge in [0.25, 0.3) is 0 Å². The Morgan fingerprint density at radius 2 is 2.29 bits per heavy atom. The number of nitrogens with zero attached hydrogens (tertiary/aromatic N) is 1. The number of hydrogen-bond acceptors (Lipinski definition) is 4. The maximum Gasteiger partial charge on any atom is 0.312 e. The van der Waals surface area contributed by atoms with Gasteiger partial charge in [0.1, 0.15) is 6.61 Å². The van der Waals surface area contributed by atoms with E-state index in [1.807, 2.05) is 0 Å². The van der Waals surface area contributed by atoms with Crippen LogP contribution in [0.1, 0.15) is 12.8 Å². The van der Waals surface area contributed by atoms with Gasteiger partial charge in [0.05, 0.1) is 4.92 Å². The predicted octanol–water partition coefficient (Wildman–Crippen LogP) is 2.38. The zero-order valence-electron chi connectivity index (χ0n) is 9.19. The molecule has 6 heteroatoms. The van der Waals surface area contributed by atoms with Crippen molar-refractivity contribution in [3.8, 4) is 5.75 Å². The summed E-state index contributed by atoms with van der Waals surface area (Å²) in [5.74, 6) is 0.261. The largest absolute Gasteiger partial charge is 0.485 e. The third-order valence-electron chi connectivity index (χ3n) is 2.49. The van der Waals surface area contributed by atoms with E-state index < -0.39 is 4.92 Å². The van der Waals surface area contributed by atoms with Crippen LogP contribution in [0.25, 0.3) is 0 Å². The Balaban J connectivity index is 1.91. The van der Waals surface area contributed by atoms with Crippen LogP contribution >= 0.6 is 11.6 Å². The standard InChI is InChI=1S/C11H13ClN2O3/c12-8-1-4-11(10(7-8)14(15)16)17-6-5-13-9-2-3-9/h1,4,7,9,13H,2-3,5-6H2. The lowest BCUT2D eigenvalue weighted by molar-refractivity contribution is -0.385. The van der Waals surface area contributed by atoms with Gasteiger partial charge >= 0.3 is 5.69 Å². The van der Waals surface area contributed by atoms with Gasteiger partial charge in [0, 0.05) is 23.7 Å².